The van der Waals surface area contributed by atoms with Gasteiger partial charge < -0.3 is 19.9 Å². The molecule has 8 nitrogen and oxygen atoms in total. The van der Waals surface area contributed by atoms with E-state index < -0.39 is 18.1 Å². The Hall–Kier alpha value is -2.42. The predicted molar refractivity (Wildman–Crippen MR) is 89.3 cm³/mol. The number of rotatable bonds is 6. The van der Waals surface area contributed by atoms with Crippen molar-refractivity contribution in [1.29, 1.82) is 0 Å². The molecule has 1 unspecified atom stereocenters. The second-order valence-electron chi connectivity index (χ2n) is 4.95. The van der Waals surface area contributed by atoms with E-state index in [9.17, 15) is 9.59 Å². The number of aromatic nitrogens is 2. The Bertz CT molecular complexity index is 702. The predicted octanol–water partition coefficient (Wildman–Crippen LogP) is 2.96. The average molecular weight is 397 g/mol. The zero-order valence-corrected chi connectivity index (χ0v) is 14.8. The molecule has 128 valence electrons. The summed E-state index contributed by atoms with van der Waals surface area (Å²) in [5.74, 6) is 0.239. The molecule has 0 aliphatic rings. The molecule has 0 fully saturated rings. The molecule has 24 heavy (non-hydrogen) atoms. The van der Waals surface area contributed by atoms with Crippen molar-refractivity contribution in [2.45, 2.75) is 26.4 Å². The molecule has 0 saturated carbocycles. The van der Waals surface area contributed by atoms with Crippen LogP contribution in [-0.2, 0) is 9.53 Å². The van der Waals surface area contributed by atoms with Gasteiger partial charge in [-0.15, -0.1) is 0 Å². The van der Waals surface area contributed by atoms with Crippen LogP contribution in [0.1, 0.15) is 31.2 Å². The molecule has 1 heterocycles. The van der Waals surface area contributed by atoms with Crippen LogP contribution in [0, 0.1) is 6.92 Å². The summed E-state index contributed by atoms with van der Waals surface area (Å²) in [5.41, 5.74) is 0.652. The molecule has 0 aliphatic carbocycles. The average Bonchev–Trinajstić information content (AvgIpc) is 2.96. The first kappa shape index (κ1) is 17.9. The molecule has 2 rings (SSSR count). The first-order valence-electron chi connectivity index (χ1n) is 7.24. The third kappa shape index (κ3) is 5.65. The van der Waals surface area contributed by atoms with Crippen LogP contribution in [0.4, 0.5) is 10.5 Å². The number of urea groups is 1. The summed E-state index contributed by atoms with van der Waals surface area (Å²) in [6.07, 6.45) is -0.596. The maximum absolute atomic E-state index is 11.7. The van der Waals surface area contributed by atoms with Crippen molar-refractivity contribution >= 4 is 33.6 Å². The molecule has 2 N–H and O–H groups in total. The highest BCUT2D eigenvalue weighted by Crippen LogP contribution is 2.15. The van der Waals surface area contributed by atoms with Gasteiger partial charge in [0.05, 0.1) is 6.42 Å². The molecule has 2 amide bonds. The fourth-order valence-corrected chi connectivity index (χ4v) is 2.04. The van der Waals surface area contributed by atoms with E-state index in [1.165, 1.54) is 0 Å². The van der Waals surface area contributed by atoms with Crippen molar-refractivity contribution in [1.82, 2.24) is 15.5 Å². The topological polar surface area (TPSA) is 106 Å². The van der Waals surface area contributed by atoms with Crippen molar-refractivity contribution in [3.8, 4) is 0 Å². The number of hydrogen-bond donors (Lipinski definition) is 2. The van der Waals surface area contributed by atoms with E-state index in [1.807, 2.05) is 12.1 Å². The van der Waals surface area contributed by atoms with E-state index in [0.717, 1.165) is 4.47 Å². The van der Waals surface area contributed by atoms with Gasteiger partial charge in [0, 0.05) is 16.7 Å². The Morgan fingerprint density at radius 2 is 2.04 bits per heavy atom. The maximum atomic E-state index is 11.7. The van der Waals surface area contributed by atoms with Gasteiger partial charge >= 0.3 is 12.0 Å². The monoisotopic (exact) mass is 396 g/mol. The van der Waals surface area contributed by atoms with E-state index in [2.05, 4.69) is 36.7 Å². The highest BCUT2D eigenvalue weighted by Gasteiger charge is 2.17. The Morgan fingerprint density at radius 3 is 2.67 bits per heavy atom. The second kappa shape index (κ2) is 8.44. The summed E-state index contributed by atoms with van der Waals surface area (Å²) in [5, 5.41) is 8.87. The molecular formula is C15H17BrN4O4. The lowest BCUT2D eigenvalue weighted by Crippen LogP contribution is -2.31. The quantitative estimate of drug-likeness (QED) is 0.726. The van der Waals surface area contributed by atoms with Gasteiger partial charge in [0.15, 0.2) is 11.9 Å². The molecule has 2 aromatic rings. The summed E-state index contributed by atoms with van der Waals surface area (Å²) in [6, 6.07) is 6.74. The van der Waals surface area contributed by atoms with Crippen LogP contribution in [0.25, 0.3) is 0 Å². The zero-order chi connectivity index (χ0) is 17.5. The fourth-order valence-electron chi connectivity index (χ4n) is 1.77. The number of esters is 1. The zero-order valence-electron chi connectivity index (χ0n) is 13.2. The molecule has 0 saturated heterocycles. The number of hydrogen-bond acceptors (Lipinski definition) is 6. The third-order valence-corrected chi connectivity index (χ3v) is 3.44. The number of amides is 2. The summed E-state index contributed by atoms with van der Waals surface area (Å²) in [7, 11) is 0. The minimum absolute atomic E-state index is 0.0330. The second-order valence-corrected chi connectivity index (χ2v) is 5.87. The fraction of sp³-hybridized carbons (Fsp3) is 0.333. The van der Waals surface area contributed by atoms with E-state index in [4.69, 9.17) is 9.26 Å². The lowest BCUT2D eigenvalue weighted by molar-refractivity contribution is -0.149. The Balaban J connectivity index is 1.68. The molecule has 1 aromatic carbocycles. The van der Waals surface area contributed by atoms with E-state index in [0.29, 0.717) is 11.5 Å². The number of carbonyl (C=O) groups excluding carboxylic acids is 2. The Labute approximate surface area is 147 Å². The number of ether oxygens (including phenoxy) is 1. The summed E-state index contributed by atoms with van der Waals surface area (Å²) >= 11 is 3.31. The lowest BCUT2D eigenvalue weighted by Gasteiger charge is -2.10. The molecule has 0 spiro atoms. The number of nitrogens with one attached hydrogen (secondary N) is 2. The molecule has 9 heteroatoms. The summed E-state index contributed by atoms with van der Waals surface area (Å²) in [6.45, 7) is 3.46. The van der Waals surface area contributed by atoms with Crippen molar-refractivity contribution < 1.29 is 18.8 Å². The number of anilines is 1. The molecule has 0 bridgehead atoms. The van der Waals surface area contributed by atoms with Crippen LogP contribution >= 0.6 is 15.9 Å². The number of benzene rings is 1. The largest absolute Gasteiger partial charge is 0.452 e. The maximum Gasteiger partial charge on any atom is 0.319 e. The third-order valence-electron chi connectivity index (χ3n) is 2.92. The smallest absolute Gasteiger partial charge is 0.319 e. The molecule has 0 aliphatic heterocycles. The van der Waals surface area contributed by atoms with Crippen molar-refractivity contribution in [3.05, 3.63) is 40.5 Å². The van der Waals surface area contributed by atoms with Gasteiger partial charge in [-0.2, -0.15) is 4.98 Å². The van der Waals surface area contributed by atoms with Crippen molar-refractivity contribution in [2.24, 2.45) is 0 Å². The van der Waals surface area contributed by atoms with Gasteiger partial charge in [-0.05, 0) is 38.1 Å². The van der Waals surface area contributed by atoms with Gasteiger partial charge in [0.25, 0.3) is 5.89 Å². The number of aryl methyl sites for hydroxylation is 1. The van der Waals surface area contributed by atoms with Gasteiger partial charge in [-0.25, -0.2) is 4.79 Å². The number of carbonyl (C=O) groups is 2. The SMILES string of the molecule is Cc1noc(C(C)OC(=O)CCNC(=O)Nc2ccc(Br)cc2)n1. The van der Waals surface area contributed by atoms with Gasteiger partial charge in [0.2, 0.25) is 0 Å². The molecule has 1 aromatic heterocycles. The lowest BCUT2D eigenvalue weighted by atomic mass is 10.3. The van der Waals surface area contributed by atoms with Crippen LogP contribution in [0.15, 0.2) is 33.3 Å². The van der Waals surface area contributed by atoms with E-state index in [-0.39, 0.29) is 18.9 Å². The first-order chi connectivity index (χ1) is 11.4. The van der Waals surface area contributed by atoms with Crippen LogP contribution in [0.5, 0.6) is 0 Å². The Kier molecular flexibility index (Phi) is 6.30. The number of nitrogens with zero attached hydrogens (tertiary/aromatic N) is 2. The van der Waals surface area contributed by atoms with Gasteiger partial charge in [0.1, 0.15) is 0 Å². The highest BCUT2D eigenvalue weighted by atomic mass is 79.9. The van der Waals surface area contributed by atoms with Crippen molar-refractivity contribution in [2.75, 3.05) is 11.9 Å². The van der Waals surface area contributed by atoms with E-state index in [1.54, 1.807) is 26.0 Å². The first-order valence-corrected chi connectivity index (χ1v) is 8.03. The Morgan fingerprint density at radius 1 is 1.33 bits per heavy atom. The van der Waals surface area contributed by atoms with Gasteiger partial charge in [-0.1, -0.05) is 21.1 Å². The molecular weight excluding hydrogens is 380 g/mol. The minimum Gasteiger partial charge on any atom is -0.452 e. The number of halogens is 1. The summed E-state index contributed by atoms with van der Waals surface area (Å²) < 4.78 is 11.0. The van der Waals surface area contributed by atoms with Crippen molar-refractivity contribution in [3.63, 3.8) is 0 Å². The van der Waals surface area contributed by atoms with Gasteiger partial charge in [-0.3, -0.25) is 4.79 Å². The van der Waals surface area contributed by atoms with Crippen LogP contribution in [0.3, 0.4) is 0 Å². The van der Waals surface area contributed by atoms with Crippen LogP contribution < -0.4 is 10.6 Å². The van der Waals surface area contributed by atoms with E-state index >= 15 is 0 Å². The standard InChI is InChI=1S/C15H17BrN4O4/c1-9(14-18-10(2)20-24-14)23-13(21)7-8-17-15(22)19-12-5-3-11(16)4-6-12/h3-6,9H,7-8H2,1-2H3,(H2,17,19,22). The molecule has 1 atom stereocenters. The summed E-state index contributed by atoms with van der Waals surface area (Å²) in [4.78, 5) is 27.4. The normalized spacial score (nSPS) is 11.6. The minimum atomic E-state index is -0.629. The van der Waals surface area contributed by atoms with Crippen LogP contribution in [-0.4, -0.2) is 28.7 Å². The highest BCUT2D eigenvalue weighted by molar-refractivity contribution is 9.10. The van der Waals surface area contributed by atoms with Crippen LogP contribution in [0.2, 0.25) is 0 Å². The molecule has 0 radical (unpaired) electrons.